The van der Waals surface area contributed by atoms with E-state index in [1.807, 2.05) is 78.2 Å². The third-order valence-electron chi connectivity index (χ3n) is 4.67. The van der Waals surface area contributed by atoms with Gasteiger partial charge in [-0.3, -0.25) is 9.36 Å². The maximum Gasteiger partial charge on any atom is 0.234 e. The fourth-order valence-corrected chi connectivity index (χ4v) is 4.02. The predicted octanol–water partition coefficient (Wildman–Crippen LogP) is 5.21. The van der Waals surface area contributed by atoms with E-state index in [-0.39, 0.29) is 11.7 Å². The number of carbonyl (C=O) groups excluding carboxylic acids is 1. The van der Waals surface area contributed by atoms with Crippen molar-refractivity contribution in [1.82, 2.24) is 14.8 Å². The first-order valence-corrected chi connectivity index (χ1v) is 10.9. The van der Waals surface area contributed by atoms with Crippen LogP contribution in [0.2, 0.25) is 5.02 Å². The summed E-state index contributed by atoms with van der Waals surface area (Å²) in [5.41, 5.74) is 9.89. The van der Waals surface area contributed by atoms with Crippen molar-refractivity contribution in [2.75, 3.05) is 16.8 Å². The molecule has 0 spiro atoms. The van der Waals surface area contributed by atoms with Crippen molar-refractivity contribution in [2.24, 2.45) is 0 Å². The molecule has 0 bridgehead atoms. The Bertz CT molecular complexity index is 1230. The third kappa shape index (κ3) is 4.73. The summed E-state index contributed by atoms with van der Waals surface area (Å²) in [6, 6.07) is 22.7. The SMILES string of the molecule is Cc1c(Cl)cccc1NC(=O)CSc1nnc(-c2cccc(N)c2)n1-c1ccccc1. The lowest BCUT2D eigenvalue weighted by Gasteiger charge is -2.11. The molecule has 0 aliphatic carbocycles. The number of amides is 1. The number of nitrogens with zero attached hydrogens (tertiary/aromatic N) is 3. The van der Waals surface area contributed by atoms with E-state index in [0.717, 1.165) is 16.8 Å². The maximum absolute atomic E-state index is 12.6. The van der Waals surface area contributed by atoms with E-state index in [0.29, 0.717) is 27.4 Å². The van der Waals surface area contributed by atoms with Crippen LogP contribution in [0.15, 0.2) is 78.0 Å². The number of anilines is 2. The molecule has 156 valence electrons. The summed E-state index contributed by atoms with van der Waals surface area (Å²) >= 11 is 7.46. The normalized spacial score (nSPS) is 10.8. The van der Waals surface area contributed by atoms with Crippen molar-refractivity contribution in [1.29, 1.82) is 0 Å². The molecule has 0 saturated heterocycles. The Morgan fingerprint density at radius 3 is 2.61 bits per heavy atom. The zero-order valence-electron chi connectivity index (χ0n) is 16.7. The van der Waals surface area contributed by atoms with Crippen LogP contribution in [0, 0.1) is 6.92 Å². The second-order valence-corrected chi connectivity index (χ2v) is 8.20. The number of nitrogens with one attached hydrogen (secondary N) is 1. The number of nitrogen functional groups attached to an aromatic ring is 1. The average Bonchev–Trinajstić information content (AvgIpc) is 3.20. The number of benzene rings is 3. The number of nitrogens with two attached hydrogens (primary N) is 1. The molecule has 8 heteroatoms. The minimum atomic E-state index is -0.150. The molecule has 0 radical (unpaired) electrons. The molecule has 0 atom stereocenters. The summed E-state index contributed by atoms with van der Waals surface area (Å²) in [4.78, 5) is 12.6. The topological polar surface area (TPSA) is 85.8 Å². The summed E-state index contributed by atoms with van der Waals surface area (Å²) in [6.07, 6.45) is 0. The zero-order chi connectivity index (χ0) is 21.8. The standard InChI is InChI=1S/C23H20ClN5OS/c1-15-19(24)11-6-12-20(15)26-21(30)14-31-23-28-27-22(16-7-5-8-17(25)13-16)29(23)18-9-3-2-4-10-18/h2-13H,14,25H2,1H3,(H,26,30). The molecule has 4 aromatic rings. The van der Waals surface area contributed by atoms with Crippen molar-refractivity contribution in [3.05, 3.63) is 83.4 Å². The molecule has 0 unspecified atom stereocenters. The van der Waals surface area contributed by atoms with Gasteiger partial charge in [0, 0.05) is 27.6 Å². The highest BCUT2D eigenvalue weighted by Crippen LogP contribution is 2.29. The molecule has 6 nitrogen and oxygen atoms in total. The Morgan fingerprint density at radius 1 is 1.06 bits per heavy atom. The number of thioether (sulfide) groups is 1. The van der Waals surface area contributed by atoms with Crippen molar-refractivity contribution in [3.8, 4) is 17.1 Å². The van der Waals surface area contributed by atoms with Crippen LogP contribution in [0.4, 0.5) is 11.4 Å². The van der Waals surface area contributed by atoms with Crippen molar-refractivity contribution in [2.45, 2.75) is 12.1 Å². The second-order valence-electron chi connectivity index (χ2n) is 6.85. The Hall–Kier alpha value is -3.29. The number of hydrogen-bond donors (Lipinski definition) is 2. The van der Waals surface area contributed by atoms with Crippen LogP contribution in [0.25, 0.3) is 17.1 Å². The monoisotopic (exact) mass is 449 g/mol. The first-order valence-electron chi connectivity index (χ1n) is 9.57. The molecule has 1 heterocycles. The van der Waals surface area contributed by atoms with Crippen LogP contribution in [0.3, 0.4) is 0 Å². The summed E-state index contributed by atoms with van der Waals surface area (Å²) in [7, 11) is 0. The van der Waals surface area contributed by atoms with Gasteiger partial charge in [0.25, 0.3) is 0 Å². The van der Waals surface area contributed by atoms with Crippen molar-refractivity contribution >= 4 is 40.6 Å². The Kier molecular flexibility index (Phi) is 6.25. The van der Waals surface area contributed by atoms with Gasteiger partial charge in [0.2, 0.25) is 5.91 Å². The Balaban J connectivity index is 1.60. The largest absolute Gasteiger partial charge is 0.399 e. The minimum absolute atomic E-state index is 0.150. The van der Waals surface area contributed by atoms with E-state index in [4.69, 9.17) is 17.3 Å². The van der Waals surface area contributed by atoms with Gasteiger partial charge in [-0.25, -0.2) is 0 Å². The van der Waals surface area contributed by atoms with Gasteiger partial charge in [0.15, 0.2) is 11.0 Å². The lowest BCUT2D eigenvalue weighted by molar-refractivity contribution is -0.113. The lowest BCUT2D eigenvalue weighted by atomic mass is 10.2. The van der Waals surface area contributed by atoms with Gasteiger partial charge in [0.05, 0.1) is 5.75 Å². The zero-order valence-corrected chi connectivity index (χ0v) is 18.3. The fourth-order valence-electron chi connectivity index (χ4n) is 3.10. The first kappa shape index (κ1) is 21.0. The molecule has 4 rings (SSSR count). The quantitative estimate of drug-likeness (QED) is 0.312. The van der Waals surface area contributed by atoms with Crippen molar-refractivity contribution < 1.29 is 4.79 Å². The average molecular weight is 450 g/mol. The van der Waals surface area contributed by atoms with Crippen LogP contribution < -0.4 is 11.1 Å². The first-order chi connectivity index (χ1) is 15.0. The van der Waals surface area contributed by atoms with E-state index in [2.05, 4.69) is 15.5 Å². The Morgan fingerprint density at radius 2 is 1.84 bits per heavy atom. The number of para-hydroxylation sites is 1. The summed E-state index contributed by atoms with van der Waals surface area (Å²) in [5, 5.41) is 12.9. The van der Waals surface area contributed by atoms with E-state index in [9.17, 15) is 4.79 Å². The van der Waals surface area contributed by atoms with Gasteiger partial charge in [-0.15, -0.1) is 10.2 Å². The number of aromatic nitrogens is 3. The molecular weight excluding hydrogens is 430 g/mol. The van der Waals surface area contributed by atoms with E-state index in [1.54, 1.807) is 6.07 Å². The maximum atomic E-state index is 12.6. The van der Waals surface area contributed by atoms with Gasteiger partial charge < -0.3 is 11.1 Å². The molecule has 3 aromatic carbocycles. The molecule has 0 aliphatic rings. The molecule has 1 amide bonds. The van der Waals surface area contributed by atoms with Gasteiger partial charge in [-0.05, 0) is 48.9 Å². The number of hydrogen-bond acceptors (Lipinski definition) is 5. The highest BCUT2D eigenvalue weighted by Gasteiger charge is 2.17. The molecule has 0 fully saturated rings. The second kappa shape index (κ2) is 9.24. The van der Waals surface area contributed by atoms with E-state index < -0.39 is 0 Å². The highest BCUT2D eigenvalue weighted by molar-refractivity contribution is 7.99. The fraction of sp³-hybridized carbons (Fsp3) is 0.0870. The predicted molar refractivity (Wildman–Crippen MR) is 127 cm³/mol. The number of halogens is 1. The van der Waals surface area contributed by atoms with Gasteiger partial charge >= 0.3 is 0 Å². The van der Waals surface area contributed by atoms with E-state index in [1.165, 1.54) is 11.8 Å². The van der Waals surface area contributed by atoms with Crippen LogP contribution in [0.1, 0.15) is 5.56 Å². The molecule has 0 saturated carbocycles. The van der Waals surface area contributed by atoms with Gasteiger partial charge in [0.1, 0.15) is 0 Å². The van der Waals surface area contributed by atoms with Crippen LogP contribution >= 0.6 is 23.4 Å². The van der Waals surface area contributed by atoms with Crippen molar-refractivity contribution in [3.63, 3.8) is 0 Å². The molecular formula is C23H20ClN5OS. The summed E-state index contributed by atoms with van der Waals surface area (Å²) in [6.45, 7) is 1.87. The van der Waals surface area contributed by atoms with Crippen LogP contribution in [0.5, 0.6) is 0 Å². The highest BCUT2D eigenvalue weighted by atomic mass is 35.5. The summed E-state index contributed by atoms with van der Waals surface area (Å²) in [5.74, 6) is 0.684. The van der Waals surface area contributed by atoms with E-state index >= 15 is 0 Å². The number of carbonyl (C=O) groups is 1. The molecule has 1 aromatic heterocycles. The summed E-state index contributed by atoms with van der Waals surface area (Å²) < 4.78 is 1.93. The lowest BCUT2D eigenvalue weighted by Crippen LogP contribution is -2.15. The minimum Gasteiger partial charge on any atom is -0.399 e. The van der Waals surface area contributed by atoms with Gasteiger partial charge in [-0.1, -0.05) is 59.8 Å². The number of rotatable bonds is 6. The van der Waals surface area contributed by atoms with Gasteiger partial charge in [-0.2, -0.15) is 0 Å². The van der Waals surface area contributed by atoms with Crippen LogP contribution in [-0.2, 0) is 4.79 Å². The molecule has 31 heavy (non-hydrogen) atoms. The molecule has 0 aliphatic heterocycles. The Labute approximate surface area is 189 Å². The van der Waals surface area contributed by atoms with Crippen LogP contribution in [-0.4, -0.2) is 26.4 Å². The molecule has 3 N–H and O–H groups in total. The third-order valence-corrected chi connectivity index (χ3v) is 6.01. The smallest absolute Gasteiger partial charge is 0.234 e.